The van der Waals surface area contributed by atoms with Crippen molar-refractivity contribution in [3.8, 4) is 11.5 Å². The molecule has 1 fully saturated rings. The van der Waals surface area contributed by atoms with Crippen LogP contribution in [0.4, 0.5) is 0 Å². The lowest BCUT2D eigenvalue weighted by atomic mass is 9.95. The molecule has 2 atom stereocenters. The van der Waals surface area contributed by atoms with E-state index in [-0.39, 0.29) is 6.04 Å². The molecule has 3 rings (SSSR count). The van der Waals surface area contributed by atoms with Gasteiger partial charge in [0.15, 0.2) is 11.5 Å². The Kier molecular flexibility index (Phi) is 6.50. The Morgan fingerprint density at radius 3 is 2.54 bits per heavy atom. The molecule has 5 heteroatoms. The number of rotatable bonds is 8. The van der Waals surface area contributed by atoms with E-state index in [0.717, 1.165) is 31.1 Å². The van der Waals surface area contributed by atoms with Gasteiger partial charge in [-0.1, -0.05) is 36.4 Å². The van der Waals surface area contributed by atoms with E-state index in [1.807, 2.05) is 18.2 Å². The Bertz CT molecular complexity index is 693. The Balaban J connectivity index is 1.64. The van der Waals surface area contributed by atoms with Gasteiger partial charge in [0.1, 0.15) is 6.61 Å². The van der Waals surface area contributed by atoms with Crippen LogP contribution in [0.1, 0.15) is 17.0 Å². The smallest absolute Gasteiger partial charge is 0.161 e. The summed E-state index contributed by atoms with van der Waals surface area (Å²) in [4.78, 5) is 2.41. The molecule has 2 aromatic carbocycles. The van der Waals surface area contributed by atoms with Gasteiger partial charge in [0, 0.05) is 38.7 Å². The quantitative estimate of drug-likeness (QED) is 0.737. The molecule has 2 aromatic rings. The first kappa shape index (κ1) is 18.7. The van der Waals surface area contributed by atoms with Gasteiger partial charge in [-0.3, -0.25) is 4.90 Å². The van der Waals surface area contributed by atoms with Crippen molar-refractivity contribution in [2.45, 2.75) is 18.5 Å². The Labute approximate surface area is 155 Å². The molecule has 26 heavy (non-hydrogen) atoms. The van der Waals surface area contributed by atoms with Gasteiger partial charge in [-0.2, -0.15) is 0 Å². The molecule has 1 heterocycles. The number of methoxy groups -OCH3 is 2. The normalized spacial score (nSPS) is 20.3. The molecule has 2 N–H and O–H groups in total. The van der Waals surface area contributed by atoms with E-state index in [4.69, 9.17) is 19.9 Å². The molecule has 1 saturated heterocycles. The standard InChI is InChI=1S/C21H28N2O3/c1-24-10-11-26-20-9-8-16(12-21(20)25-2)13-23-14-18(19(22)15-23)17-6-4-3-5-7-17/h3-9,12,18-19H,10-11,13-15,22H2,1-2H3/t18-,19+/m0/s1. The SMILES string of the molecule is COCCOc1ccc(CN2C[C@@H](N)[C@H](c3ccccc3)C2)cc1OC. The van der Waals surface area contributed by atoms with E-state index in [9.17, 15) is 0 Å². The van der Waals surface area contributed by atoms with Crippen molar-refractivity contribution < 1.29 is 14.2 Å². The van der Waals surface area contributed by atoms with E-state index in [2.05, 4.69) is 35.2 Å². The zero-order valence-electron chi connectivity index (χ0n) is 15.6. The van der Waals surface area contributed by atoms with E-state index >= 15 is 0 Å². The van der Waals surface area contributed by atoms with E-state index in [1.165, 1.54) is 11.1 Å². The van der Waals surface area contributed by atoms with Crippen LogP contribution in [0.2, 0.25) is 0 Å². The molecular formula is C21H28N2O3. The summed E-state index contributed by atoms with van der Waals surface area (Å²) in [6, 6.07) is 16.8. The average Bonchev–Trinajstić information content (AvgIpc) is 3.03. The van der Waals surface area contributed by atoms with Crippen molar-refractivity contribution in [1.82, 2.24) is 4.90 Å². The van der Waals surface area contributed by atoms with Gasteiger partial charge in [0.05, 0.1) is 13.7 Å². The van der Waals surface area contributed by atoms with Crippen LogP contribution in [0.15, 0.2) is 48.5 Å². The van der Waals surface area contributed by atoms with Crippen molar-refractivity contribution in [3.05, 3.63) is 59.7 Å². The van der Waals surface area contributed by atoms with E-state index in [1.54, 1.807) is 14.2 Å². The maximum absolute atomic E-state index is 6.41. The molecule has 0 spiro atoms. The summed E-state index contributed by atoms with van der Waals surface area (Å²) in [5, 5.41) is 0. The number of hydrogen-bond acceptors (Lipinski definition) is 5. The minimum absolute atomic E-state index is 0.163. The maximum atomic E-state index is 6.41. The second-order valence-corrected chi connectivity index (χ2v) is 6.70. The van der Waals surface area contributed by atoms with Crippen molar-refractivity contribution >= 4 is 0 Å². The fourth-order valence-electron chi connectivity index (χ4n) is 3.52. The zero-order chi connectivity index (χ0) is 18.4. The average molecular weight is 356 g/mol. The fourth-order valence-corrected chi connectivity index (χ4v) is 3.52. The summed E-state index contributed by atoms with van der Waals surface area (Å²) in [7, 11) is 3.33. The highest BCUT2D eigenvalue weighted by atomic mass is 16.5. The molecule has 0 unspecified atom stereocenters. The summed E-state index contributed by atoms with van der Waals surface area (Å²) >= 11 is 0. The summed E-state index contributed by atoms with van der Waals surface area (Å²) in [5.74, 6) is 1.88. The van der Waals surface area contributed by atoms with Gasteiger partial charge in [-0.25, -0.2) is 0 Å². The first-order valence-electron chi connectivity index (χ1n) is 9.02. The van der Waals surface area contributed by atoms with E-state index in [0.29, 0.717) is 19.1 Å². The molecule has 140 valence electrons. The number of benzene rings is 2. The van der Waals surface area contributed by atoms with Crippen LogP contribution in [0.25, 0.3) is 0 Å². The predicted octanol–water partition coefficient (Wildman–Crippen LogP) is 2.65. The molecule has 0 aliphatic carbocycles. The third-order valence-electron chi connectivity index (χ3n) is 4.85. The van der Waals surface area contributed by atoms with Crippen molar-refractivity contribution in [3.63, 3.8) is 0 Å². The highest BCUT2D eigenvalue weighted by molar-refractivity contribution is 5.43. The highest BCUT2D eigenvalue weighted by Gasteiger charge is 2.31. The lowest BCUT2D eigenvalue weighted by Crippen LogP contribution is -2.28. The molecule has 5 nitrogen and oxygen atoms in total. The Morgan fingerprint density at radius 1 is 1.00 bits per heavy atom. The minimum atomic E-state index is 0.163. The van der Waals surface area contributed by atoms with Crippen LogP contribution < -0.4 is 15.2 Å². The first-order chi connectivity index (χ1) is 12.7. The van der Waals surface area contributed by atoms with Crippen LogP contribution in [-0.2, 0) is 11.3 Å². The van der Waals surface area contributed by atoms with Crippen LogP contribution >= 0.6 is 0 Å². The monoisotopic (exact) mass is 356 g/mol. The van der Waals surface area contributed by atoms with Gasteiger partial charge < -0.3 is 19.9 Å². The molecule has 1 aliphatic rings. The molecular weight excluding hydrogens is 328 g/mol. The Morgan fingerprint density at radius 2 is 1.81 bits per heavy atom. The summed E-state index contributed by atoms with van der Waals surface area (Å²) in [6.45, 7) is 3.78. The molecule has 0 amide bonds. The van der Waals surface area contributed by atoms with Crippen LogP contribution in [0.3, 0.4) is 0 Å². The van der Waals surface area contributed by atoms with Crippen LogP contribution in [0, 0.1) is 0 Å². The van der Waals surface area contributed by atoms with Gasteiger partial charge in [-0.05, 0) is 23.3 Å². The van der Waals surface area contributed by atoms with Crippen LogP contribution in [0.5, 0.6) is 11.5 Å². The fraction of sp³-hybridized carbons (Fsp3) is 0.429. The third kappa shape index (κ3) is 4.55. The molecule has 0 aromatic heterocycles. The van der Waals surface area contributed by atoms with Crippen molar-refractivity contribution in [2.24, 2.45) is 5.73 Å². The predicted molar refractivity (Wildman–Crippen MR) is 103 cm³/mol. The lowest BCUT2D eigenvalue weighted by Gasteiger charge is -2.17. The van der Waals surface area contributed by atoms with Crippen molar-refractivity contribution in [1.29, 1.82) is 0 Å². The largest absolute Gasteiger partial charge is 0.493 e. The van der Waals surface area contributed by atoms with Gasteiger partial charge >= 0.3 is 0 Å². The molecule has 1 aliphatic heterocycles. The maximum Gasteiger partial charge on any atom is 0.161 e. The lowest BCUT2D eigenvalue weighted by molar-refractivity contribution is 0.144. The van der Waals surface area contributed by atoms with Crippen molar-refractivity contribution in [2.75, 3.05) is 40.5 Å². The van der Waals surface area contributed by atoms with Gasteiger partial charge in [0.2, 0.25) is 0 Å². The highest BCUT2D eigenvalue weighted by Crippen LogP contribution is 2.31. The number of likely N-dealkylation sites (tertiary alicyclic amines) is 1. The molecule has 0 radical (unpaired) electrons. The number of hydrogen-bond donors (Lipinski definition) is 1. The topological polar surface area (TPSA) is 57.0 Å². The van der Waals surface area contributed by atoms with E-state index < -0.39 is 0 Å². The summed E-state index contributed by atoms with van der Waals surface area (Å²) in [5.41, 5.74) is 8.92. The second kappa shape index (κ2) is 9.03. The summed E-state index contributed by atoms with van der Waals surface area (Å²) < 4.78 is 16.2. The second-order valence-electron chi connectivity index (χ2n) is 6.70. The first-order valence-corrected chi connectivity index (χ1v) is 9.02. The molecule has 0 bridgehead atoms. The van der Waals surface area contributed by atoms with Gasteiger partial charge in [0.25, 0.3) is 0 Å². The molecule has 0 saturated carbocycles. The van der Waals surface area contributed by atoms with Gasteiger partial charge in [-0.15, -0.1) is 0 Å². The number of nitrogens with two attached hydrogens (primary N) is 1. The zero-order valence-corrected chi connectivity index (χ0v) is 15.6. The number of ether oxygens (including phenoxy) is 3. The van der Waals surface area contributed by atoms with Crippen LogP contribution in [-0.4, -0.2) is 51.5 Å². The number of nitrogens with zero attached hydrogens (tertiary/aromatic N) is 1. The summed E-state index contributed by atoms with van der Waals surface area (Å²) in [6.07, 6.45) is 0. The minimum Gasteiger partial charge on any atom is -0.493 e. The Hall–Kier alpha value is -2.08. The third-order valence-corrected chi connectivity index (χ3v) is 4.85.